The van der Waals surface area contributed by atoms with Crippen LogP contribution in [0, 0.1) is 6.92 Å². The Bertz CT molecular complexity index is 1530. The normalized spacial score (nSPS) is 12.8. The standard InChI is InChI=1S/C24H16N4O5/c1-14-6-2-5-9-20(14)28-22(30)16-11-10-15(12-18(16)23(28)31)24(32)33-13-27-21(29)17-7-3-4-8-19(17)25-26-27/h2-12H,13H2,1H3. The Balaban J connectivity index is 1.38. The van der Waals surface area contributed by atoms with E-state index < -0.39 is 30.1 Å². The van der Waals surface area contributed by atoms with Crippen LogP contribution in [0.15, 0.2) is 71.5 Å². The largest absolute Gasteiger partial charge is 0.439 e. The summed E-state index contributed by atoms with van der Waals surface area (Å²) < 4.78 is 6.14. The molecular weight excluding hydrogens is 424 g/mol. The molecule has 9 nitrogen and oxygen atoms in total. The molecule has 4 aromatic rings. The Labute approximate surface area is 186 Å². The van der Waals surface area contributed by atoms with Crippen molar-refractivity contribution >= 4 is 34.4 Å². The van der Waals surface area contributed by atoms with E-state index in [0.29, 0.717) is 16.6 Å². The zero-order valence-electron chi connectivity index (χ0n) is 17.4. The lowest BCUT2D eigenvalue weighted by Gasteiger charge is -2.16. The SMILES string of the molecule is Cc1ccccc1N1C(=O)c2ccc(C(=O)OCn3nnc4ccccc4c3=O)cc2C1=O. The molecule has 0 atom stereocenters. The molecule has 1 aromatic heterocycles. The summed E-state index contributed by atoms with van der Waals surface area (Å²) in [7, 11) is 0. The Morgan fingerprint density at radius 1 is 0.909 bits per heavy atom. The van der Waals surface area contributed by atoms with Crippen LogP contribution in [0.25, 0.3) is 10.9 Å². The number of aromatic nitrogens is 3. The van der Waals surface area contributed by atoms with Gasteiger partial charge in [0.05, 0.1) is 27.8 Å². The second-order valence-corrected chi connectivity index (χ2v) is 7.46. The molecule has 2 amide bonds. The summed E-state index contributed by atoms with van der Waals surface area (Å²) in [4.78, 5) is 52.0. The minimum Gasteiger partial charge on any atom is -0.439 e. The lowest BCUT2D eigenvalue weighted by molar-refractivity contribution is 0.0336. The number of para-hydroxylation sites is 1. The topological polar surface area (TPSA) is 111 Å². The molecule has 33 heavy (non-hydrogen) atoms. The van der Waals surface area contributed by atoms with Crippen LogP contribution in [0.3, 0.4) is 0 Å². The van der Waals surface area contributed by atoms with Crippen LogP contribution in [-0.4, -0.2) is 32.8 Å². The molecular formula is C24H16N4O5. The van der Waals surface area contributed by atoms with E-state index in [-0.39, 0.29) is 16.7 Å². The van der Waals surface area contributed by atoms with E-state index in [1.807, 2.05) is 6.07 Å². The van der Waals surface area contributed by atoms with Crippen molar-refractivity contribution in [3.05, 3.63) is 99.3 Å². The van der Waals surface area contributed by atoms with Gasteiger partial charge in [-0.05, 0) is 48.9 Å². The first kappa shape index (κ1) is 20.3. The second-order valence-electron chi connectivity index (χ2n) is 7.46. The molecule has 162 valence electrons. The molecule has 5 rings (SSSR count). The Morgan fingerprint density at radius 2 is 1.64 bits per heavy atom. The predicted molar refractivity (Wildman–Crippen MR) is 118 cm³/mol. The van der Waals surface area contributed by atoms with Crippen molar-refractivity contribution in [3.63, 3.8) is 0 Å². The Kier molecular flexibility index (Phi) is 4.78. The van der Waals surface area contributed by atoms with Crippen molar-refractivity contribution in [1.29, 1.82) is 0 Å². The maximum atomic E-state index is 13.0. The van der Waals surface area contributed by atoms with Gasteiger partial charge in [0.2, 0.25) is 0 Å². The third kappa shape index (κ3) is 3.35. The monoisotopic (exact) mass is 440 g/mol. The average molecular weight is 440 g/mol. The van der Waals surface area contributed by atoms with Crippen LogP contribution in [0.2, 0.25) is 0 Å². The maximum Gasteiger partial charge on any atom is 0.339 e. The van der Waals surface area contributed by atoms with Gasteiger partial charge in [0.15, 0.2) is 6.73 Å². The zero-order chi connectivity index (χ0) is 23.1. The number of amides is 2. The van der Waals surface area contributed by atoms with Crippen molar-refractivity contribution in [2.75, 3.05) is 4.90 Å². The first-order valence-corrected chi connectivity index (χ1v) is 10.0. The van der Waals surface area contributed by atoms with Crippen molar-refractivity contribution in [3.8, 4) is 0 Å². The van der Waals surface area contributed by atoms with Crippen molar-refractivity contribution in [2.24, 2.45) is 0 Å². The number of carbonyl (C=O) groups excluding carboxylic acids is 3. The van der Waals surface area contributed by atoms with Gasteiger partial charge in [-0.1, -0.05) is 35.5 Å². The van der Waals surface area contributed by atoms with Crippen LogP contribution in [-0.2, 0) is 11.5 Å². The number of aryl methyl sites for hydroxylation is 1. The highest BCUT2D eigenvalue weighted by atomic mass is 16.5. The van der Waals surface area contributed by atoms with Crippen LogP contribution in [0.4, 0.5) is 5.69 Å². The smallest absolute Gasteiger partial charge is 0.339 e. The third-order valence-electron chi connectivity index (χ3n) is 5.43. The summed E-state index contributed by atoms with van der Waals surface area (Å²) in [5.74, 6) is -1.74. The lowest BCUT2D eigenvalue weighted by atomic mass is 10.1. The summed E-state index contributed by atoms with van der Waals surface area (Å²) >= 11 is 0. The second kappa shape index (κ2) is 7.79. The molecule has 0 aliphatic carbocycles. The molecule has 9 heteroatoms. The number of ether oxygens (including phenoxy) is 1. The first-order valence-electron chi connectivity index (χ1n) is 10.0. The lowest BCUT2D eigenvalue weighted by Crippen LogP contribution is -2.29. The van der Waals surface area contributed by atoms with E-state index in [9.17, 15) is 19.2 Å². The van der Waals surface area contributed by atoms with Crippen molar-refractivity contribution in [1.82, 2.24) is 15.0 Å². The van der Waals surface area contributed by atoms with Gasteiger partial charge in [0, 0.05) is 0 Å². The van der Waals surface area contributed by atoms with Gasteiger partial charge in [-0.25, -0.2) is 9.69 Å². The number of anilines is 1. The molecule has 0 radical (unpaired) electrons. The third-order valence-corrected chi connectivity index (χ3v) is 5.43. The predicted octanol–water partition coefficient (Wildman–Crippen LogP) is 2.72. The van der Waals surface area contributed by atoms with Gasteiger partial charge in [0.25, 0.3) is 17.4 Å². The van der Waals surface area contributed by atoms with Gasteiger partial charge in [-0.15, -0.1) is 5.10 Å². The van der Waals surface area contributed by atoms with E-state index in [0.717, 1.165) is 15.1 Å². The number of carbonyl (C=O) groups is 3. The molecule has 3 aromatic carbocycles. The van der Waals surface area contributed by atoms with Crippen LogP contribution in [0.1, 0.15) is 36.6 Å². The zero-order valence-corrected chi connectivity index (χ0v) is 17.4. The minimum absolute atomic E-state index is 0.0725. The van der Waals surface area contributed by atoms with E-state index in [1.54, 1.807) is 49.4 Å². The quantitative estimate of drug-likeness (QED) is 0.354. The minimum atomic E-state index is -0.769. The Hall–Kier alpha value is -4.66. The molecule has 0 fully saturated rings. The molecule has 1 aliphatic heterocycles. The number of fused-ring (bicyclic) bond motifs is 2. The average Bonchev–Trinajstić information content (AvgIpc) is 3.08. The number of nitrogens with zero attached hydrogens (tertiary/aromatic N) is 4. The van der Waals surface area contributed by atoms with Crippen LogP contribution < -0.4 is 10.5 Å². The summed E-state index contributed by atoms with van der Waals surface area (Å²) in [5, 5.41) is 8.06. The van der Waals surface area contributed by atoms with E-state index in [2.05, 4.69) is 10.3 Å². The number of benzene rings is 3. The molecule has 0 spiro atoms. The molecule has 0 bridgehead atoms. The van der Waals surface area contributed by atoms with Crippen molar-refractivity contribution in [2.45, 2.75) is 13.7 Å². The summed E-state index contributed by atoms with van der Waals surface area (Å²) in [6.45, 7) is 1.36. The molecule has 0 saturated carbocycles. The van der Waals surface area contributed by atoms with Crippen LogP contribution in [0.5, 0.6) is 0 Å². The number of esters is 1. The Morgan fingerprint density at radius 3 is 2.45 bits per heavy atom. The first-order chi connectivity index (χ1) is 16.0. The fraction of sp³-hybridized carbons (Fsp3) is 0.0833. The number of rotatable bonds is 4. The molecule has 0 N–H and O–H groups in total. The summed E-state index contributed by atoms with van der Waals surface area (Å²) in [6, 6.07) is 17.9. The fourth-order valence-electron chi connectivity index (χ4n) is 3.71. The van der Waals surface area contributed by atoms with Gasteiger partial charge >= 0.3 is 5.97 Å². The molecule has 1 aliphatic rings. The summed E-state index contributed by atoms with van der Waals surface area (Å²) in [6.07, 6.45) is 0. The van der Waals surface area contributed by atoms with E-state index in [1.165, 1.54) is 18.2 Å². The van der Waals surface area contributed by atoms with Gasteiger partial charge in [0.1, 0.15) is 5.52 Å². The van der Waals surface area contributed by atoms with E-state index >= 15 is 0 Å². The molecule has 0 unspecified atom stereocenters. The molecule has 0 saturated heterocycles. The number of imide groups is 1. The van der Waals surface area contributed by atoms with Crippen LogP contribution >= 0.6 is 0 Å². The van der Waals surface area contributed by atoms with Gasteiger partial charge in [-0.2, -0.15) is 4.68 Å². The maximum absolute atomic E-state index is 13.0. The molecule has 2 heterocycles. The summed E-state index contributed by atoms with van der Waals surface area (Å²) in [5.41, 5.74) is 1.64. The van der Waals surface area contributed by atoms with Gasteiger partial charge in [-0.3, -0.25) is 14.4 Å². The highest BCUT2D eigenvalue weighted by molar-refractivity contribution is 6.34. The van der Waals surface area contributed by atoms with E-state index in [4.69, 9.17) is 4.74 Å². The van der Waals surface area contributed by atoms with Gasteiger partial charge < -0.3 is 4.74 Å². The highest BCUT2D eigenvalue weighted by Gasteiger charge is 2.37. The van der Waals surface area contributed by atoms with Crippen molar-refractivity contribution < 1.29 is 19.1 Å². The fourth-order valence-corrected chi connectivity index (χ4v) is 3.71. The number of hydrogen-bond donors (Lipinski definition) is 0. The highest BCUT2D eigenvalue weighted by Crippen LogP contribution is 2.31. The number of hydrogen-bond acceptors (Lipinski definition) is 7.